The van der Waals surface area contributed by atoms with E-state index in [-0.39, 0.29) is 18.1 Å². The molecule has 0 spiro atoms. The van der Waals surface area contributed by atoms with E-state index in [1.165, 1.54) is 6.42 Å². The Kier molecular flexibility index (Phi) is 5.44. The molecule has 1 amide bonds. The second kappa shape index (κ2) is 6.39. The maximum atomic E-state index is 12.0. The largest absolute Gasteiger partial charge is 0.326 e. The number of nitrogens with one attached hydrogen (secondary N) is 1. The fourth-order valence-electron chi connectivity index (χ4n) is 2.43. The van der Waals surface area contributed by atoms with Gasteiger partial charge >= 0.3 is 0 Å². The molecule has 0 aromatic carbocycles. The first-order valence-electron chi connectivity index (χ1n) is 6.98. The van der Waals surface area contributed by atoms with Crippen molar-refractivity contribution in [2.45, 2.75) is 66.1 Å². The Balaban J connectivity index is 2.48. The van der Waals surface area contributed by atoms with Crippen molar-refractivity contribution >= 4 is 5.91 Å². The molecule has 3 nitrogen and oxygen atoms in total. The Morgan fingerprint density at radius 3 is 2.41 bits per heavy atom. The summed E-state index contributed by atoms with van der Waals surface area (Å²) >= 11 is 0. The van der Waals surface area contributed by atoms with E-state index in [0.29, 0.717) is 5.92 Å². The number of nitrogens with zero attached hydrogens (tertiary/aromatic N) is 1. The van der Waals surface area contributed by atoms with E-state index in [2.05, 4.69) is 33.0 Å². The summed E-state index contributed by atoms with van der Waals surface area (Å²) in [5.74, 6) is 1.62. The molecule has 2 atom stereocenters. The van der Waals surface area contributed by atoms with E-state index >= 15 is 0 Å². The lowest BCUT2D eigenvalue weighted by molar-refractivity contribution is -0.130. The molecule has 0 bridgehead atoms. The number of rotatable bonds is 6. The average Bonchev–Trinajstić information content (AvgIpc) is 2.44. The molecule has 1 saturated heterocycles. The summed E-state index contributed by atoms with van der Waals surface area (Å²) < 4.78 is 0. The van der Waals surface area contributed by atoms with Gasteiger partial charge in [0, 0.05) is 6.54 Å². The van der Waals surface area contributed by atoms with Crippen LogP contribution in [0.15, 0.2) is 0 Å². The zero-order valence-electron chi connectivity index (χ0n) is 12.0. The Bertz CT molecular complexity index is 251. The van der Waals surface area contributed by atoms with Crippen molar-refractivity contribution in [3.05, 3.63) is 0 Å². The van der Waals surface area contributed by atoms with Crippen LogP contribution in [0.4, 0.5) is 0 Å². The van der Waals surface area contributed by atoms with Crippen molar-refractivity contribution in [3.63, 3.8) is 0 Å². The number of hydrogen-bond acceptors (Lipinski definition) is 2. The van der Waals surface area contributed by atoms with Crippen LogP contribution in [-0.2, 0) is 4.79 Å². The van der Waals surface area contributed by atoms with Gasteiger partial charge in [0.15, 0.2) is 0 Å². The summed E-state index contributed by atoms with van der Waals surface area (Å²) in [5.41, 5.74) is 0. The van der Waals surface area contributed by atoms with E-state index in [0.717, 1.165) is 25.3 Å². The van der Waals surface area contributed by atoms with E-state index in [1.54, 1.807) is 0 Å². The molecule has 1 aliphatic rings. The number of carbonyl (C=O) groups excluding carboxylic acids is 1. The Morgan fingerprint density at radius 2 is 1.88 bits per heavy atom. The Morgan fingerprint density at radius 1 is 1.24 bits per heavy atom. The maximum absolute atomic E-state index is 12.0. The highest BCUT2D eigenvalue weighted by Gasteiger charge is 2.35. The molecular formula is C14H28N2O. The fourth-order valence-corrected chi connectivity index (χ4v) is 2.43. The summed E-state index contributed by atoms with van der Waals surface area (Å²) in [5, 5.41) is 3.40. The van der Waals surface area contributed by atoms with Crippen molar-refractivity contribution in [2.75, 3.05) is 6.54 Å². The fraction of sp³-hybridized carbons (Fsp3) is 0.929. The van der Waals surface area contributed by atoms with Crippen molar-refractivity contribution in [1.29, 1.82) is 0 Å². The molecule has 0 aliphatic carbocycles. The SMILES string of the molecule is CC(C)CCCN1C(=O)C(C)NC1CC(C)C. The van der Waals surface area contributed by atoms with Gasteiger partial charge in [-0.15, -0.1) is 0 Å². The van der Waals surface area contributed by atoms with Gasteiger partial charge in [0.25, 0.3) is 0 Å². The first kappa shape index (κ1) is 14.5. The van der Waals surface area contributed by atoms with Gasteiger partial charge in [-0.05, 0) is 38.0 Å². The van der Waals surface area contributed by atoms with Gasteiger partial charge < -0.3 is 4.90 Å². The molecule has 0 aromatic heterocycles. The highest BCUT2D eigenvalue weighted by molar-refractivity contribution is 5.83. The lowest BCUT2D eigenvalue weighted by Gasteiger charge is -2.25. The first-order valence-corrected chi connectivity index (χ1v) is 6.98. The van der Waals surface area contributed by atoms with Gasteiger partial charge in [-0.1, -0.05) is 27.7 Å². The van der Waals surface area contributed by atoms with Crippen LogP contribution in [-0.4, -0.2) is 29.6 Å². The Hall–Kier alpha value is -0.570. The van der Waals surface area contributed by atoms with E-state index in [9.17, 15) is 4.79 Å². The molecule has 1 N–H and O–H groups in total. The number of hydrogen-bond donors (Lipinski definition) is 1. The minimum Gasteiger partial charge on any atom is -0.326 e. The van der Waals surface area contributed by atoms with Gasteiger partial charge in [-0.3, -0.25) is 10.1 Å². The summed E-state index contributed by atoms with van der Waals surface area (Å²) in [7, 11) is 0. The average molecular weight is 240 g/mol. The molecule has 1 heterocycles. The van der Waals surface area contributed by atoms with E-state index in [1.807, 2.05) is 11.8 Å². The van der Waals surface area contributed by atoms with Crippen LogP contribution in [0.25, 0.3) is 0 Å². The minimum absolute atomic E-state index is 0.00204. The monoisotopic (exact) mass is 240 g/mol. The predicted octanol–water partition coefficient (Wildman–Crippen LogP) is 2.62. The standard InChI is InChI=1S/C14H28N2O/c1-10(2)7-6-8-16-13(9-11(3)4)15-12(5)14(16)17/h10-13,15H,6-9H2,1-5H3. The van der Waals surface area contributed by atoms with Crippen molar-refractivity contribution in [3.8, 4) is 0 Å². The van der Waals surface area contributed by atoms with Crippen LogP contribution in [0.2, 0.25) is 0 Å². The molecule has 17 heavy (non-hydrogen) atoms. The van der Waals surface area contributed by atoms with Crippen molar-refractivity contribution in [1.82, 2.24) is 10.2 Å². The molecule has 0 saturated carbocycles. The second-order valence-electron chi connectivity index (χ2n) is 6.10. The lowest BCUT2D eigenvalue weighted by Crippen LogP contribution is -2.39. The van der Waals surface area contributed by atoms with Gasteiger partial charge in [-0.25, -0.2) is 0 Å². The lowest BCUT2D eigenvalue weighted by atomic mass is 10.1. The third-order valence-electron chi connectivity index (χ3n) is 3.35. The molecule has 0 aromatic rings. The van der Waals surface area contributed by atoms with Gasteiger partial charge in [-0.2, -0.15) is 0 Å². The maximum Gasteiger partial charge on any atom is 0.240 e. The highest BCUT2D eigenvalue weighted by Crippen LogP contribution is 2.18. The molecule has 0 radical (unpaired) electrons. The first-order chi connectivity index (χ1) is 7.91. The van der Waals surface area contributed by atoms with Gasteiger partial charge in [0.05, 0.1) is 12.2 Å². The van der Waals surface area contributed by atoms with Crippen LogP contribution in [0.5, 0.6) is 0 Å². The molecular weight excluding hydrogens is 212 g/mol. The van der Waals surface area contributed by atoms with Crippen LogP contribution in [0, 0.1) is 11.8 Å². The van der Waals surface area contributed by atoms with Crippen molar-refractivity contribution in [2.24, 2.45) is 11.8 Å². The van der Waals surface area contributed by atoms with E-state index < -0.39 is 0 Å². The molecule has 3 heteroatoms. The van der Waals surface area contributed by atoms with Gasteiger partial charge in [0.2, 0.25) is 5.91 Å². The van der Waals surface area contributed by atoms with Gasteiger partial charge in [0.1, 0.15) is 0 Å². The van der Waals surface area contributed by atoms with Crippen LogP contribution in [0.3, 0.4) is 0 Å². The zero-order valence-corrected chi connectivity index (χ0v) is 12.0. The van der Waals surface area contributed by atoms with Crippen LogP contribution >= 0.6 is 0 Å². The minimum atomic E-state index is -0.00204. The van der Waals surface area contributed by atoms with Crippen molar-refractivity contribution < 1.29 is 4.79 Å². The summed E-state index contributed by atoms with van der Waals surface area (Å²) in [6.07, 6.45) is 3.63. The van der Waals surface area contributed by atoms with Crippen LogP contribution in [0.1, 0.15) is 53.9 Å². The summed E-state index contributed by atoms with van der Waals surface area (Å²) in [6.45, 7) is 11.8. The smallest absolute Gasteiger partial charge is 0.240 e. The van der Waals surface area contributed by atoms with E-state index in [4.69, 9.17) is 0 Å². The third-order valence-corrected chi connectivity index (χ3v) is 3.35. The second-order valence-corrected chi connectivity index (χ2v) is 6.10. The summed E-state index contributed by atoms with van der Waals surface area (Å²) in [4.78, 5) is 14.1. The molecule has 1 aliphatic heterocycles. The predicted molar refractivity (Wildman–Crippen MR) is 71.6 cm³/mol. The molecule has 2 unspecified atom stereocenters. The third kappa shape index (κ3) is 4.30. The normalized spacial score (nSPS) is 25.4. The van der Waals surface area contributed by atoms with Crippen LogP contribution < -0.4 is 5.32 Å². The molecule has 100 valence electrons. The number of amides is 1. The number of carbonyl (C=O) groups is 1. The Labute approximate surface area is 106 Å². The zero-order chi connectivity index (χ0) is 13.0. The topological polar surface area (TPSA) is 32.3 Å². The highest BCUT2D eigenvalue weighted by atomic mass is 16.2. The summed E-state index contributed by atoms with van der Waals surface area (Å²) in [6, 6.07) is -0.00204. The quantitative estimate of drug-likeness (QED) is 0.774. The molecule has 1 fully saturated rings. The molecule has 1 rings (SSSR count).